The van der Waals surface area contributed by atoms with Gasteiger partial charge in [-0.3, -0.25) is 0 Å². The zero-order valence-corrected chi connectivity index (χ0v) is 5.84. The van der Waals surface area contributed by atoms with E-state index in [4.69, 9.17) is 0 Å². The molecule has 1 heterocycles. The number of hydrogen-bond donors (Lipinski definition) is 0. The monoisotopic (exact) mass is 152 g/mol. The lowest BCUT2D eigenvalue weighted by Crippen LogP contribution is -2.22. The predicted octanol–water partition coefficient (Wildman–Crippen LogP) is 0.930. The van der Waals surface area contributed by atoms with E-state index in [0.29, 0.717) is 4.23 Å². The molecule has 1 aromatic heterocycles. The summed E-state index contributed by atoms with van der Waals surface area (Å²) in [5.41, 5.74) is 0.766. The van der Waals surface area contributed by atoms with Gasteiger partial charge in [-0.1, -0.05) is 12.1 Å². The first-order chi connectivity index (χ1) is 4.86. The molecule has 4 heteroatoms. The van der Waals surface area contributed by atoms with Crippen LogP contribution in [-0.2, 0) is 0 Å². The highest BCUT2D eigenvalue weighted by Crippen LogP contribution is 2.11. The van der Waals surface area contributed by atoms with Crippen molar-refractivity contribution < 1.29 is 4.23 Å². The second kappa shape index (κ2) is 1.91. The molecule has 10 heavy (non-hydrogen) atoms. The van der Waals surface area contributed by atoms with Crippen molar-refractivity contribution >= 4 is 21.7 Å². The molecule has 0 radical (unpaired) electrons. The van der Waals surface area contributed by atoms with Gasteiger partial charge in [-0.25, -0.2) is 0 Å². The zero-order chi connectivity index (χ0) is 6.97. The van der Waals surface area contributed by atoms with Crippen LogP contribution in [0.1, 0.15) is 0 Å². The zero-order valence-electron chi connectivity index (χ0n) is 5.02. The third-order valence-electron chi connectivity index (χ3n) is 1.23. The fourth-order valence-corrected chi connectivity index (χ4v) is 1.45. The molecule has 0 spiro atoms. The maximum absolute atomic E-state index is 10.6. The topological polar surface area (TPSA) is 39.8 Å². The average Bonchev–Trinajstić information content (AvgIpc) is 2.27. The quantitative estimate of drug-likeness (QED) is 0.416. The van der Waals surface area contributed by atoms with Gasteiger partial charge in [-0.15, -0.1) is 0 Å². The van der Waals surface area contributed by atoms with Gasteiger partial charge in [0.1, 0.15) is 4.70 Å². The molecular weight excluding hydrogens is 148 g/mol. The third-order valence-corrected chi connectivity index (χ3v) is 2.01. The molecule has 0 saturated heterocycles. The van der Waals surface area contributed by atoms with Crippen molar-refractivity contribution in [3.8, 4) is 0 Å². The molecule has 0 unspecified atom stereocenters. The van der Waals surface area contributed by atoms with Crippen molar-refractivity contribution in [3.63, 3.8) is 0 Å². The normalized spacial score (nSPS) is 10.4. The summed E-state index contributed by atoms with van der Waals surface area (Å²) in [5, 5.41) is 14.3. The Morgan fingerprint density at radius 1 is 1.40 bits per heavy atom. The minimum absolute atomic E-state index is 0.616. The van der Waals surface area contributed by atoms with Crippen LogP contribution in [0.5, 0.6) is 0 Å². The van der Waals surface area contributed by atoms with E-state index >= 15 is 0 Å². The van der Waals surface area contributed by atoms with E-state index in [1.165, 1.54) is 0 Å². The largest absolute Gasteiger partial charge is 0.581 e. The van der Waals surface area contributed by atoms with Gasteiger partial charge in [0.05, 0.1) is 0 Å². The molecule has 0 amide bonds. The number of nitrogens with zero attached hydrogens (tertiary/aromatic N) is 2. The minimum Gasteiger partial charge on any atom is -0.581 e. The summed E-state index contributed by atoms with van der Waals surface area (Å²) in [6.45, 7) is 0. The Morgan fingerprint density at radius 2 is 2.20 bits per heavy atom. The van der Waals surface area contributed by atoms with Gasteiger partial charge in [0, 0.05) is 9.33 Å². The summed E-state index contributed by atoms with van der Waals surface area (Å²) < 4.78 is 1.54. The van der Waals surface area contributed by atoms with Crippen LogP contribution in [0.25, 0.3) is 10.2 Å². The van der Waals surface area contributed by atoms with Gasteiger partial charge in [0.2, 0.25) is 0 Å². The summed E-state index contributed by atoms with van der Waals surface area (Å²) in [7, 11) is 0. The Bertz CT molecular complexity index is 324. The van der Waals surface area contributed by atoms with Crippen LogP contribution in [0, 0.1) is 5.21 Å². The van der Waals surface area contributed by atoms with Crippen molar-refractivity contribution in [2.75, 3.05) is 0 Å². The molecule has 0 atom stereocenters. The number of benzene rings is 1. The highest BCUT2D eigenvalue weighted by Gasteiger charge is 2.02. The number of aromatic nitrogens is 2. The fraction of sp³-hybridized carbons (Fsp3) is 0. The summed E-state index contributed by atoms with van der Waals surface area (Å²) in [6.07, 6.45) is 0. The van der Waals surface area contributed by atoms with Crippen molar-refractivity contribution in [2.45, 2.75) is 0 Å². The number of fused-ring (bicyclic) bond motifs is 1. The van der Waals surface area contributed by atoms with Gasteiger partial charge in [-0.2, -0.15) is 0 Å². The highest BCUT2D eigenvalue weighted by molar-refractivity contribution is 7.09. The van der Waals surface area contributed by atoms with Gasteiger partial charge >= 0.3 is 0 Å². The molecular formula is C6H4N2OS. The molecule has 0 fully saturated rings. The lowest BCUT2D eigenvalue weighted by atomic mass is 10.3. The first kappa shape index (κ1) is 5.61. The lowest BCUT2D eigenvalue weighted by Gasteiger charge is -1.75. The Labute approximate surface area is 61.3 Å². The second-order valence-corrected chi connectivity index (χ2v) is 2.83. The summed E-state index contributed by atoms with van der Waals surface area (Å²) in [5.74, 6) is 0. The van der Waals surface area contributed by atoms with Crippen LogP contribution in [0.2, 0.25) is 0 Å². The van der Waals surface area contributed by atoms with Crippen LogP contribution < -0.4 is 4.23 Å². The molecule has 0 bridgehead atoms. The smallest absolute Gasteiger partial charge is 0.186 e. The molecule has 2 rings (SSSR count). The van der Waals surface area contributed by atoms with Crippen LogP contribution in [-0.4, -0.2) is 5.10 Å². The van der Waals surface area contributed by atoms with E-state index in [9.17, 15) is 5.21 Å². The molecule has 0 aliphatic carbocycles. The van der Waals surface area contributed by atoms with Crippen molar-refractivity contribution in [3.05, 3.63) is 29.5 Å². The molecule has 0 aliphatic heterocycles. The van der Waals surface area contributed by atoms with E-state index in [-0.39, 0.29) is 0 Å². The SMILES string of the molecule is [O-][n+]1nc2ccccc2s1. The van der Waals surface area contributed by atoms with E-state index in [1.807, 2.05) is 24.3 Å². The highest BCUT2D eigenvalue weighted by atomic mass is 32.1. The predicted molar refractivity (Wildman–Crippen MR) is 38.6 cm³/mol. The van der Waals surface area contributed by atoms with E-state index < -0.39 is 0 Å². The van der Waals surface area contributed by atoms with Crippen LogP contribution >= 0.6 is 11.5 Å². The first-order valence-corrected chi connectivity index (χ1v) is 3.59. The Hall–Kier alpha value is -1.16. The van der Waals surface area contributed by atoms with Crippen molar-refractivity contribution in [1.29, 1.82) is 0 Å². The molecule has 0 N–H and O–H groups in total. The number of rotatable bonds is 0. The molecule has 0 aliphatic rings. The maximum atomic E-state index is 10.6. The van der Waals surface area contributed by atoms with Crippen molar-refractivity contribution in [1.82, 2.24) is 5.10 Å². The van der Waals surface area contributed by atoms with Crippen LogP contribution in [0.3, 0.4) is 0 Å². The molecule has 0 saturated carbocycles. The molecule has 3 nitrogen and oxygen atoms in total. The summed E-state index contributed by atoms with van der Waals surface area (Å²) in [4.78, 5) is 0. The fourth-order valence-electron chi connectivity index (χ4n) is 0.809. The maximum Gasteiger partial charge on any atom is 0.186 e. The third kappa shape index (κ3) is 0.733. The summed E-state index contributed by atoms with van der Waals surface area (Å²) >= 11 is 1.10. The standard InChI is InChI=1S/C6H4N2OS/c9-8-7-5-3-1-2-4-6(5)10-8/h1-4H. The molecule has 2 aromatic rings. The van der Waals surface area contributed by atoms with E-state index in [2.05, 4.69) is 5.10 Å². The Morgan fingerprint density at radius 3 is 3.00 bits per heavy atom. The van der Waals surface area contributed by atoms with Crippen LogP contribution in [0.4, 0.5) is 0 Å². The molecule has 50 valence electrons. The molecule has 1 aromatic carbocycles. The van der Waals surface area contributed by atoms with Gasteiger partial charge < -0.3 is 5.21 Å². The number of hydrogen-bond acceptors (Lipinski definition) is 3. The second-order valence-electron chi connectivity index (χ2n) is 1.90. The minimum atomic E-state index is 0.616. The first-order valence-electron chi connectivity index (χ1n) is 2.82. The Balaban J connectivity index is 2.88. The van der Waals surface area contributed by atoms with E-state index in [1.54, 1.807) is 0 Å². The summed E-state index contributed by atoms with van der Waals surface area (Å²) in [6, 6.07) is 7.45. The average molecular weight is 152 g/mol. The Kier molecular flexibility index (Phi) is 1.07. The van der Waals surface area contributed by atoms with Crippen molar-refractivity contribution in [2.24, 2.45) is 0 Å². The van der Waals surface area contributed by atoms with Gasteiger partial charge in [0.15, 0.2) is 17.0 Å². The van der Waals surface area contributed by atoms with Crippen LogP contribution in [0.15, 0.2) is 24.3 Å². The van der Waals surface area contributed by atoms with Gasteiger partial charge in [-0.05, 0) is 12.1 Å². The lowest BCUT2D eigenvalue weighted by molar-refractivity contribution is -0.595. The van der Waals surface area contributed by atoms with Gasteiger partial charge in [0.25, 0.3) is 0 Å². The van der Waals surface area contributed by atoms with E-state index in [0.717, 1.165) is 21.7 Å².